The van der Waals surface area contributed by atoms with Crippen molar-refractivity contribution in [1.82, 2.24) is 9.97 Å². The van der Waals surface area contributed by atoms with Gasteiger partial charge in [0.05, 0.1) is 11.0 Å². The predicted octanol–water partition coefficient (Wildman–Crippen LogP) is 10.6. The molecule has 5 aromatic carbocycles. The van der Waals surface area contributed by atoms with Gasteiger partial charge in [0, 0.05) is 22.2 Å². The van der Waals surface area contributed by atoms with Crippen molar-refractivity contribution in [3.63, 3.8) is 0 Å². The third kappa shape index (κ3) is 4.76. The fourth-order valence-corrected chi connectivity index (χ4v) is 5.87. The molecule has 0 saturated heterocycles. The molecule has 0 aliphatic rings. The second-order valence-electron chi connectivity index (χ2n) is 10.8. The third-order valence-electron chi connectivity index (χ3n) is 8.19. The lowest BCUT2D eigenvalue weighted by Crippen LogP contribution is -1.95. The number of rotatable bonds is 6. The summed E-state index contributed by atoms with van der Waals surface area (Å²) in [5.41, 5.74) is 13.9. The zero-order chi connectivity index (χ0) is 28.5. The van der Waals surface area contributed by atoms with Crippen LogP contribution in [0, 0.1) is 0 Å². The second-order valence-corrected chi connectivity index (χ2v) is 10.8. The molecule has 0 amide bonds. The molecule has 202 valence electrons. The number of benzene rings is 5. The number of aromatic nitrogens is 2. The van der Waals surface area contributed by atoms with Crippen LogP contribution in [-0.4, -0.2) is 9.97 Å². The summed E-state index contributed by atoms with van der Waals surface area (Å²) in [4.78, 5) is 10.0. The van der Waals surface area contributed by atoms with E-state index in [-0.39, 0.29) is 0 Å². The molecule has 2 nitrogen and oxygen atoms in total. The van der Waals surface area contributed by atoms with Gasteiger partial charge in [-0.15, -0.1) is 0 Å². The van der Waals surface area contributed by atoms with E-state index in [9.17, 15) is 0 Å². The van der Waals surface area contributed by atoms with Crippen molar-refractivity contribution in [2.24, 2.45) is 0 Å². The standard InChI is InChI=1S/C40H32N2/c1-3-33-22-19-31-20-24-36-38(26-34(4-2)42-40(36)39(31)41-33)30-17-15-27(16-18-30)32-21-23-35(28-11-7-5-8-12-28)37(25-32)29-13-9-6-10-14-29/h5-26H,3-4H2,1-2H3. The highest BCUT2D eigenvalue weighted by Gasteiger charge is 2.13. The number of aryl methyl sites for hydroxylation is 2. The molecule has 7 rings (SSSR count). The molecule has 0 atom stereocenters. The number of nitrogens with zero attached hydrogens (tertiary/aromatic N) is 2. The summed E-state index contributed by atoms with van der Waals surface area (Å²) in [6, 6.07) is 48.0. The Morgan fingerprint density at radius 3 is 1.67 bits per heavy atom. The van der Waals surface area contributed by atoms with Gasteiger partial charge in [-0.2, -0.15) is 0 Å². The van der Waals surface area contributed by atoms with Gasteiger partial charge >= 0.3 is 0 Å². The Bertz CT molecular complexity index is 2030. The molecule has 2 heterocycles. The SMILES string of the molecule is CCc1ccc2ccc3c(-c4ccc(-c5ccc(-c6ccccc6)c(-c6ccccc6)c5)cc4)cc(CC)nc3c2n1. The molecule has 0 unspecified atom stereocenters. The molecule has 42 heavy (non-hydrogen) atoms. The molecule has 0 aliphatic heterocycles. The average molecular weight is 541 g/mol. The van der Waals surface area contributed by atoms with Gasteiger partial charge < -0.3 is 0 Å². The summed E-state index contributed by atoms with van der Waals surface area (Å²) >= 11 is 0. The lowest BCUT2D eigenvalue weighted by atomic mass is 9.90. The van der Waals surface area contributed by atoms with Gasteiger partial charge in [-0.05, 0) is 75.5 Å². The van der Waals surface area contributed by atoms with Gasteiger partial charge in [0.1, 0.15) is 0 Å². The quantitative estimate of drug-likeness (QED) is 0.196. The van der Waals surface area contributed by atoms with E-state index in [2.05, 4.69) is 147 Å². The number of hydrogen-bond acceptors (Lipinski definition) is 2. The van der Waals surface area contributed by atoms with Crippen LogP contribution in [0.1, 0.15) is 25.2 Å². The molecular weight excluding hydrogens is 508 g/mol. The molecule has 7 aromatic rings. The summed E-state index contributed by atoms with van der Waals surface area (Å²) in [5.74, 6) is 0. The average Bonchev–Trinajstić information content (AvgIpc) is 3.08. The molecule has 0 saturated carbocycles. The van der Waals surface area contributed by atoms with E-state index in [1.54, 1.807) is 0 Å². The van der Waals surface area contributed by atoms with E-state index < -0.39 is 0 Å². The van der Waals surface area contributed by atoms with Crippen LogP contribution < -0.4 is 0 Å². The van der Waals surface area contributed by atoms with E-state index in [0.29, 0.717) is 0 Å². The zero-order valence-corrected chi connectivity index (χ0v) is 24.0. The minimum absolute atomic E-state index is 0.876. The van der Waals surface area contributed by atoms with Crippen molar-refractivity contribution in [3.05, 3.63) is 145 Å². The summed E-state index contributed by atoms with van der Waals surface area (Å²) in [7, 11) is 0. The van der Waals surface area contributed by atoms with E-state index in [0.717, 1.165) is 46.0 Å². The third-order valence-corrected chi connectivity index (χ3v) is 8.19. The van der Waals surface area contributed by atoms with Crippen LogP contribution in [-0.2, 0) is 12.8 Å². The minimum Gasteiger partial charge on any atom is -0.251 e. The molecule has 0 spiro atoms. The maximum absolute atomic E-state index is 5.06. The fourth-order valence-electron chi connectivity index (χ4n) is 5.87. The van der Waals surface area contributed by atoms with Gasteiger partial charge in [-0.1, -0.05) is 129 Å². The van der Waals surface area contributed by atoms with E-state index >= 15 is 0 Å². The predicted molar refractivity (Wildman–Crippen MR) is 178 cm³/mol. The van der Waals surface area contributed by atoms with E-state index in [1.165, 1.54) is 44.5 Å². The highest BCUT2D eigenvalue weighted by atomic mass is 14.8. The first-order valence-electron chi connectivity index (χ1n) is 14.8. The van der Waals surface area contributed by atoms with E-state index in [4.69, 9.17) is 9.97 Å². The molecule has 0 N–H and O–H groups in total. The van der Waals surface area contributed by atoms with Crippen molar-refractivity contribution >= 4 is 21.8 Å². The topological polar surface area (TPSA) is 25.8 Å². The van der Waals surface area contributed by atoms with Crippen LogP contribution in [0.15, 0.2) is 133 Å². The van der Waals surface area contributed by atoms with Gasteiger partial charge in [-0.25, -0.2) is 0 Å². The van der Waals surface area contributed by atoms with E-state index in [1.807, 2.05) is 0 Å². The maximum Gasteiger partial charge on any atom is 0.0974 e. The highest BCUT2D eigenvalue weighted by molar-refractivity contribution is 6.08. The smallest absolute Gasteiger partial charge is 0.0974 e. The summed E-state index contributed by atoms with van der Waals surface area (Å²) in [6.07, 6.45) is 1.79. The highest BCUT2D eigenvalue weighted by Crippen LogP contribution is 2.37. The molecule has 2 heteroatoms. The van der Waals surface area contributed by atoms with Gasteiger partial charge in [0.2, 0.25) is 0 Å². The van der Waals surface area contributed by atoms with Crippen molar-refractivity contribution in [2.45, 2.75) is 26.7 Å². The minimum atomic E-state index is 0.876. The Balaban J connectivity index is 1.33. The van der Waals surface area contributed by atoms with Crippen molar-refractivity contribution in [2.75, 3.05) is 0 Å². The van der Waals surface area contributed by atoms with Crippen molar-refractivity contribution in [1.29, 1.82) is 0 Å². The van der Waals surface area contributed by atoms with Crippen molar-refractivity contribution < 1.29 is 0 Å². The first-order valence-corrected chi connectivity index (χ1v) is 14.8. The van der Waals surface area contributed by atoms with Crippen LogP contribution in [0.3, 0.4) is 0 Å². The lowest BCUT2D eigenvalue weighted by molar-refractivity contribution is 1.05. The van der Waals surface area contributed by atoms with Gasteiger partial charge in [0.25, 0.3) is 0 Å². The monoisotopic (exact) mass is 540 g/mol. The number of pyridine rings is 2. The largest absolute Gasteiger partial charge is 0.251 e. The molecule has 0 bridgehead atoms. The van der Waals surface area contributed by atoms with Crippen LogP contribution in [0.4, 0.5) is 0 Å². The van der Waals surface area contributed by atoms with Gasteiger partial charge in [0.15, 0.2) is 0 Å². The number of fused-ring (bicyclic) bond motifs is 3. The van der Waals surface area contributed by atoms with Crippen LogP contribution in [0.25, 0.3) is 66.3 Å². The molecule has 0 fully saturated rings. The molecule has 0 aliphatic carbocycles. The Kier molecular flexibility index (Phi) is 6.81. The Labute approximate surface area is 247 Å². The normalized spacial score (nSPS) is 11.3. The van der Waals surface area contributed by atoms with Crippen LogP contribution in [0.5, 0.6) is 0 Å². The van der Waals surface area contributed by atoms with Crippen LogP contribution in [0.2, 0.25) is 0 Å². The van der Waals surface area contributed by atoms with Crippen molar-refractivity contribution in [3.8, 4) is 44.5 Å². The molecular formula is C40H32N2. The Morgan fingerprint density at radius 1 is 0.405 bits per heavy atom. The first kappa shape index (κ1) is 25.9. The van der Waals surface area contributed by atoms with Crippen LogP contribution >= 0.6 is 0 Å². The Hall–Kier alpha value is -5.08. The second kappa shape index (κ2) is 11.1. The molecule has 0 radical (unpaired) electrons. The summed E-state index contributed by atoms with van der Waals surface area (Å²) < 4.78 is 0. The lowest BCUT2D eigenvalue weighted by Gasteiger charge is -2.14. The first-order chi connectivity index (χ1) is 20.7. The van der Waals surface area contributed by atoms with Gasteiger partial charge in [-0.3, -0.25) is 9.97 Å². The Morgan fingerprint density at radius 2 is 0.976 bits per heavy atom. The summed E-state index contributed by atoms with van der Waals surface area (Å²) in [6.45, 7) is 4.32. The fraction of sp³-hybridized carbons (Fsp3) is 0.100. The maximum atomic E-state index is 5.06. The number of hydrogen-bond donors (Lipinski definition) is 0. The zero-order valence-electron chi connectivity index (χ0n) is 24.0. The summed E-state index contributed by atoms with van der Waals surface area (Å²) in [5, 5.41) is 2.28. The molecule has 2 aromatic heterocycles.